The molecule has 1 atom stereocenters. The van der Waals surface area contributed by atoms with E-state index in [0.717, 1.165) is 17.3 Å². The van der Waals surface area contributed by atoms with E-state index in [0.29, 0.717) is 5.92 Å². The molecule has 0 bridgehead atoms. The molecule has 96 valence electrons. The number of thiophene rings is 1. The van der Waals surface area contributed by atoms with Gasteiger partial charge in [0.15, 0.2) is 0 Å². The normalized spacial score (nSPS) is 12.6. The summed E-state index contributed by atoms with van der Waals surface area (Å²) in [5.74, 6) is 0.294. The van der Waals surface area contributed by atoms with Crippen LogP contribution in [0.15, 0.2) is 40.2 Å². The molecule has 18 heavy (non-hydrogen) atoms. The number of aliphatic hydroxyl groups excluding tert-OH is 1. The highest BCUT2D eigenvalue weighted by Crippen LogP contribution is 2.26. The molecule has 3 heteroatoms. The van der Waals surface area contributed by atoms with Gasteiger partial charge in [0.05, 0.1) is 0 Å². The van der Waals surface area contributed by atoms with Gasteiger partial charge in [-0.3, -0.25) is 0 Å². The summed E-state index contributed by atoms with van der Waals surface area (Å²) >= 11 is 5.30. The molecule has 0 saturated carbocycles. The quantitative estimate of drug-likeness (QED) is 0.873. The molecule has 2 aromatic rings. The minimum Gasteiger partial charge on any atom is -0.396 e. The van der Waals surface area contributed by atoms with E-state index in [1.807, 2.05) is 0 Å². The van der Waals surface area contributed by atoms with Crippen molar-refractivity contribution in [3.8, 4) is 0 Å². The van der Waals surface area contributed by atoms with E-state index in [9.17, 15) is 5.11 Å². The molecule has 0 aliphatic heterocycles. The van der Waals surface area contributed by atoms with Gasteiger partial charge in [0.25, 0.3) is 0 Å². The van der Waals surface area contributed by atoms with Gasteiger partial charge < -0.3 is 5.11 Å². The molecule has 1 N–H and O–H groups in total. The summed E-state index contributed by atoms with van der Waals surface area (Å²) in [5, 5.41) is 11.6. The zero-order chi connectivity index (χ0) is 13.0. The molecule has 0 aliphatic carbocycles. The highest BCUT2D eigenvalue weighted by Gasteiger charge is 2.12. The van der Waals surface area contributed by atoms with E-state index in [-0.39, 0.29) is 6.61 Å². The van der Waals surface area contributed by atoms with E-state index in [4.69, 9.17) is 0 Å². The summed E-state index contributed by atoms with van der Waals surface area (Å²) in [5.41, 5.74) is 2.58. The van der Waals surface area contributed by atoms with Crippen LogP contribution in [-0.4, -0.2) is 11.7 Å². The molecular weight excluding hydrogens is 308 g/mol. The Bertz CT molecular complexity index is 489. The van der Waals surface area contributed by atoms with Crippen molar-refractivity contribution in [2.45, 2.75) is 19.8 Å². The summed E-state index contributed by atoms with van der Waals surface area (Å²) in [6, 6.07) is 10.6. The fraction of sp³-hybridized carbons (Fsp3) is 0.333. The number of aryl methyl sites for hydroxylation is 1. The first kappa shape index (κ1) is 13.8. The summed E-state index contributed by atoms with van der Waals surface area (Å²) in [7, 11) is 0. The summed E-state index contributed by atoms with van der Waals surface area (Å²) in [6.07, 6.45) is 1.86. The monoisotopic (exact) mass is 324 g/mol. The molecule has 0 saturated heterocycles. The maximum Gasteiger partial charge on any atom is 0.0465 e. The Kier molecular flexibility index (Phi) is 4.98. The number of benzene rings is 1. The molecule has 1 aromatic heterocycles. The van der Waals surface area contributed by atoms with Crippen molar-refractivity contribution in [1.29, 1.82) is 0 Å². The molecule has 1 aromatic carbocycles. The lowest BCUT2D eigenvalue weighted by Crippen LogP contribution is -2.12. The van der Waals surface area contributed by atoms with Gasteiger partial charge in [-0.2, -0.15) is 0 Å². The van der Waals surface area contributed by atoms with E-state index in [2.05, 4.69) is 58.6 Å². The van der Waals surface area contributed by atoms with Crippen LogP contribution in [0.1, 0.15) is 16.0 Å². The van der Waals surface area contributed by atoms with Gasteiger partial charge in [0.2, 0.25) is 0 Å². The van der Waals surface area contributed by atoms with Crippen molar-refractivity contribution in [2.24, 2.45) is 5.92 Å². The molecule has 1 heterocycles. The maximum absolute atomic E-state index is 9.52. The Morgan fingerprint density at radius 2 is 1.89 bits per heavy atom. The third kappa shape index (κ3) is 3.67. The van der Waals surface area contributed by atoms with Crippen molar-refractivity contribution in [3.63, 3.8) is 0 Å². The van der Waals surface area contributed by atoms with Crippen LogP contribution in [0.25, 0.3) is 0 Å². The first-order valence-electron chi connectivity index (χ1n) is 6.07. The fourth-order valence-electron chi connectivity index (χ4n) is 1.99. The molecule has 1 unspecified atom stereocenters. The number of halogens is 1. The lowest BCUT2D eigenvalue weighted by Gasteiger charge is -2.13. The van der Waals surface area contributed by atoms with Crippen LogP contribution in [-0.2, 0) is 12.8 Å². The van der Waals surface area contributed by atoms with E-state index >= 15 is 0 Å². The SMILES string of the molecule is Cc1ccc(CC(CO)Cc2sccc2Br)cc1. The Morgan fingerprint density at radius 1 is 1.17 bits per heavy atom. The van der Waals surface area contributed by atoms with Crippen LogP contribution in [0.2, 0.25) is 0 Å². The van der Waals surface area contributed by atoms with Crippen LogP contribution < -0.4 is 0 Å². The third-order valence-electron chi connectivity index (χ3n) is 3.07. The average molecular weight is 325 g/mol. The predicted molar refractivity (Wildman–Crippen MR) is 81.2 cm³/mol. The molecule has 0 aliphatic rings. The van der Waals surface area contributed by atoms with Gasteiger partial charge in [-0.15, -0.1) is 11.3 Å². The first-order chi connectivity index (χ1) is 8.69. The topological polar surface area (TPSA) is 20.2 Å². The highest BCUT2D eigenvalue weighted by molar-refractivity contribution is 9.10. The lowest BCUT2D eigenvalue weighted by molar-refractivity contribution is 0.225. The van der Waals surface area contributed by atoms with Gasteiger partial charge in [0.1, 0.15) is 0 Å². The standard InChI is InChI=1S/C15H17BrOS/c1-11-2-4-12(5-3-11)8-13(10-17)9-15-14(16)6-7-18-15/h2-7,13,17H,8-10H2,1H3. The van der Waals surface area contributed by atoms with Gasteiger partial charge in [-0.1, -0.05) is 29.8 Å². The first-order valence-corrected chi connectivity index (χ1v) is 7.74. The lowest BCUT2D eigenvalue weighted by atomic mass is 9.96. The van der Waals surface area contributed by atoms with E-state index < -0.39 is 0 Å². The number of hydrogen-bond acceptors (Lipinski definition) is 2. The van der Waals surface area contributed by atoms with E-state index in [1.165, 1.54) is 16.0 Å². The Labute approximate surface area is 121 Å². The average Bonchev–Trinajstić information content (AvgIpc) is 2.77. The summed E-state index contributed by atoms with van der Waals surface area (Å²) < 4.78 is 1.16. The Morgan fingerprint density at radius 3 is 2.44 bits per heavy atom. The molecule has 1 nitrogen and oxygen atoms in total. The molecule has 2 rings (SSSR count). The maximum atomic E-state index is 9.52. The molecule has 0 fully saturated rings. The van der Waals surface area contributed by atoms with Crippen molar-refractivity contribution in [1.82, 2.24) is 0 Å². The molecule has 0 spiro atoms. The number of aliphatic hydroxyl groups is 1. The predicted octanol–water partition coefficient (Wildman–Crippen LogP) is 4.21. The van der Waals surface area contributed by atoms with Crippen molar-refractivity contribution in [3.05, 3.63) is 56.2 Å². The minimum absolute atomic E-state index is 0.234. The summed E-state index contributed by atoms with van der Waals surface area (Å²) in [4.78, 5) is 1.32. The van der Waals surface area contributed by atoms with Crippen LogP contribution in [0.3, 0.4) is 0 Å². The van der Waals surface area contributed by atoms with Crippen LogP contribution >= 0.6 is 27.3 Å². The van der Waals surface area contributed by atoms with Crippen molar-refractivity contribution >= 4 is 27.3 Å². The molecule has 0 radical (unpaired) electrons. The molecule has 0 amide bonds. The smallest absolute Gasteiger partial charge is 0.0465 e. The van der Waals surface area contributed by atoms with Gasteiger partial charge in [-0.25, -0.2) is 0 Å². The minimum atomic E-state index is 0.234. The summed E-state index contributed by atoms with van der Waals surface area (Å²) in [6.45, 7) is 2.33. The van der Waals surface area contributed by atoms with Crippen LogP contribution in [0, 0.1) is 12.8 Å². The Balaban J connectivity index is 2.01. The molecular formula is C15H17BrOS. The van der Waals surface area contributed by atoms with Crippen molar-refractivity contribution < 1.29 is 5.11 Å². The second-order valence-electron chi connectivity index (χ2n) is 4.63. The number of hydrogen-bond donors (Lipinski definition) is 1. The third-order valence-corrected chi connectivity index (χ3v) is 5.02. The Hall–Kier alpha value is -0.640. The van der Waals surface area contributed by atoms with Gasteiger partial charge in [0, 0.05) is 16.0 Å². The van der Waals surface area contributed by atoms with E-state index in [1.54, 1.807) is 11.3 Å². The van der Waals surface area contributed by atoms with Gasteiger partial charge in [-0.05, 0) is 58.6 Å². The second-order valence-corrected chi connectivity index (χ2v) is 6.49. The zero-order valence-corrected chi connectivity index (χ0v) is 12.8. The number of rotatable bonds is 5. The van der Waals surface area contributed by atoms with Crippen molar-refractivity contribution in [2.75, 3.05) is 6.61 Å². The largest absolute Gasteiger partial charge is 0.396 e. The fourth-order valence-corrected chi connectivity index (χ4v) is 3.62. The van der Waals surface area contributed by atoms with Crippen LogP contribution in [0.4, 0.5) is 0 Å². The second kappa shape index (κ2) is 6.50. The van der Waals surface area contributed by atoms with Gasteiger partial charge >= 0.3 is 0 Å². The van der Waals surface area contributed by atoms with Crippen LogP contribution in [0.5, 0.6) is 0 Å². The zero-order valence-electron chi connectivity index (χ0n) is 10.4. The highest BCUT2D eigenvalue weighted by atomic mass is 79.9.